The Morgan fingerprint density at radius 2 is 2.05 bits per heavy atom. The van der Waals surface area contributed by atoms with Crippen molar-refractivity contribution in [2.75, 3.05) is 26.4 Å². The van der Waals surface area contributed by atoms with Crippen LogP contribution in [-0.2, 0) is 21.3 Å². The highest BCUT2D eigenvalue weighted by Gasteiger charge is 2.33. The molecule has 0 spiro atoms. The van der Waals surface area contributed by atoms with Gasteiger partial charge in [-0.25, -0.2) is 8.42 Å². The average Bonchev–Trinajstić information content (AvgIpc) is 2.47. The van der Waals surface area contributed by atoms with Crippen molar-refractivity contribution in [2.45, 2.75) is 17.5 Å². The number of nitrogens with zero attached hydrogens (tertiary/aromatic N) is 1. The van der Waals surface area contributed by atoms with Gasteiger partial charge >= 0.3 is 0 Å². The highest BCUT2D eigenvalue weighted by atomic mass is 32.2. The molecule has 0 radical (unpaired) electrons. The van der Waals surface area contributed by atoms with E-state index in [1.807, 2.05) is 0 Å². The number of morpholine rings is 1. The van der Waals surface area contributed by atoms with Gasteiger partial charge in [-0.15, -0.1) is 0 Å². The molecule has 1 saturated heterocycles. The van der Waals surface area contributed by atoms with Gasteiger partial charge in [-0.2, -0.15) is 4.31 Å². The summed E-state index contributed by atoms with van der Waals surface area (Å²) in [5.74, 6) is 0. The van der Waals surface area contributed by atoms with Crippen LogP contribution >= 0.6 is 0 Å². The summed E-state index contributed by atoms with van der Waals surface area (Å²) in [7, 11) is -3.60. The SMILES string of the molecule is NCc1ccc(S(=O)(=O)N2CCOCC2CO)cc1. The summed E-state index contributed by atoms with van der Waals surface area (Å²) in [4.78, 5) is 0.213. The van der Waals surface area contributed by atoms with Gasteiger partial charge in [0.25, 0.3) is 0 Å². The van der Waals surface area contributed by atoms with E-state index in [1.54, 1.807) is 24.3 Å². The first-order chi connectivity index (χ1) is 9.09. The van der Waals surface area contributed by atoms with Gasteiger partial charge in [0.2, 0.25) is 10.0 Å². The Morgan fingerprint density at radius 1 is 1.37 bits per heavy atom. The number of nitrogens with two attached hydrogens (primary N) is 1. The molecule has 2 rings (SSSR count). The minimum Gasteiger partial charge on any atom is -0.395 e. The summed E-state index contributed by atoms with van der Waals surface area (Å²) >= 11 is 0. The van der Waals surface area contributed by atoms with Crippen molar-refractivity contribution >= 4 is 10.0 Å². The molecular formula is C12H18N2O4S. The van der Waals surface area contributed by atoms with Gasteiger partial charge in [0.05, 0.1) is 30.8 Å². The molecule has 1 fully saturated rings. The summed E-state index contributed by atoms with van der Waals surface area (Å²) in [6.45, 7) is 0.941. The number of ether oxygens (including phenoxy) is 1. The molecule has 1 aliphatic heterocycles. The first kappa shape index (κ1) is 14.4. The smallest absolute Gasteiger partial charge is 0.243 e. The Morgan fingerprint density at radius 3 is 2.63 bits per heavy atom. The third-order valence-electron chi connectivity index (χ3n) is 3.15. The van der Waals surface area contributed by atoms with E-state index in [9.17, 15) is 13.5 Å². The van der Waals surface area contributed by atoms with Crippen LogP contribution in [0.4, 0.5) is 0 Å². The lowest BCUT2D eigenvalue weighted by atomic mass is 10.2. The predicted octanol–water partition coefficient (Wildman–Crippen LogP) is -0.473. The van der Waals surface area contributed by atoms with Crippen LogP contribution in [0, 0.1) is 0 Å². The van der Waals surface area contributed by atoms with Crippen LogP contribution in [0.15, 0.2) is 29.2 Å². The zero-order chi connectivity index (χ0) is 13.9. The Bertz CT molecular complexity index is 515. The lowest BCUT2D eigenvalue weighted by Gasteiger charge is -2.33. The van der Waals surface area contributed by atoms with E-state index >= 15 is 0 Å². The van der Waals surface area contributed by atoms with Crippen molar-refractivity contribution in [1.82, 2.24) is 4.31 Å². The maximum absolute atomic E-state index is 12.5. The maximum atomic E-state index is 12.5. The van der Waals surface area contributed by atoms with Crippen LogP contribution in [-0.4, -0.2) is 50.2 Å². The first-order valence-electron chi connectivity index (χ1n) is 6.09. The second-order valence-corrected chi connectivity index (χ2v) is 6.27. The van der Waals surface area contributed by atoms with Crippen LogP contribution in [0.2, 0.25) is 0 Å². The molecule has 1 heterocycles. The summed E-state index contributed by atoms with van der Waals surface area (Å²) in [5.41, 5.74) is 6.36. The molecular weight excluding hydrogens is 268 g/mol. The minimum atomic E-state index is -3.60. The van der Waals surface area contributed by atoms with Crippen molar-refractivity contribution in [2.24, 2.45) is 5.73 Å². The standard InChI is InChI=1S/C12H18N2O4S/c13-7-10-1-3-12(4-2-10)19(16,17)14-5-6-18-9-11(14)8-15/h1-4,11,15H,5-9,13H2. The maximum Gasteiger partial charge on any atom is 0.243 e. The van der Waals surface area contributed by atoms with Gasteiger partial charge < -0.3 is 15.6 Å². The molecule has 1 unspecified atom stereocenters. The summed E-state index contributed by atoms with van der Waals surface area (Å²) < 4.78 is 31.5. The number of hydrogen-bond acceptors (Lipinski definition) is 5. The fourth-order valence-electron chi connectivity index (χ4n) is 2.03. The van der Waals surface area contributed by atoms with Crippen LogP contribution in [0.5, 0.6) is 0 Å². The number of aliphatic hydroxyl groups is 1. The molecule has 1 aromatic carbocycles. The van der Waals surface area contributed by atoms with Crippen molar-refractivity contribution in [1.29, 1.82) is 0 Å². The number of hydrogen-bond donors (Lipinski definition) is 2. The number of aliphatic hydroxyl groups excluding tert-OH is 1. The summed E-state index contributed by atoms with van der Waals surface area (Å²) in [6, 6.07) is 5.96. The molecule has 106 valence electrons. The Balaban J connectivity index is 2.29. The Kier molecular flexibility index (Phi) is 4.54. The third-order valence-corrected chi connectivity index (χ3v) is 5.12. The number of benzene rings is 1. The van der Waals surface area contributed by atoms with Crippen LogP contribution in [0.1, 0.15) is 5.56 Å². The molecule has 7 heteroatoms. The first-order valence-corrected chi connectivity index (χ1v) is 7.53. The van der Waals surface area contributed by atoms with E-state index in [2.05, 4.69) is 0 Å². The Hall–Kier alpha value is -0.990. The Labute approximate surface area is 112 Å². The van der Waals surface area contributed by atoms with Crippen LogP contribution in [0.3, 0.4) is 0 Å². The summed E-state index contributed by atoms with van der Waals surface area (Å²) in [5, 5.41) is 9.25. The van der Waals surface area contributed by atoms with E-state index in [0.717, 1.165) is 5.56 Å². The van der Waals surface area contributed by atoms with Crippen LogP contribution in [0.25, 0.3) is 0 Å². The van der Waals surface area contributed by atoms with E-state index < -0.39 is 16.1 Å². The molecule has 0 saturated carbocycles. The van der Waals surface area contributed by atoms with E-state index in [0.29, 0.717) is 13.2 Å². The van der Waals surface area contributed by atoms with Gasteiger partial charge in [-0.05, 0) is 17.7 Å². The summed E-state index contributed by atoms with van der Waals surface area (Å²) in [6.07, 6.45) is 0. The lowest BCUT2D eigenvalue weighted by molar-refractivity contribution is 0.0109. The van der Waals surface area contributed by atoms with Crippen molar-refractivity contribution in [3.63, 3.8) is 0 Å². The molecule has 0 amide bonds. The molecule has 3 N–H and O–H groups in total. The molecule has 1 aromatic rings. The largest absolute Gasteiger partial charge is 0.395 e. The topological polar surface area (TPSA) is 92.9 Å². The van der Waals surface area contributed by atoms with E-state index in [4.69, 9.17) is 10.5 Å². The van der Waals surface area contributed by atoms with Gasteiger partial charge in [0.1, 0.15) is 0 Å². The zero-order valence-corrected chi connectivity index (χ0v) is 11.3. The molecule has 6 nitrogen and oxygen atoms in total. The monoisotopic (exact) mass is 286 g/mol. The van der Waals surface area contributed by atoms with E-state index in [1.165, 1.54) is 4.31 Å². The number of sulfonamides is 1. The van der Waals surface area contributed by atoms with Crippen molar-refractivity contribution < 1.29 is 18.3 Å². The van der Waals surface area contributed by atoms with E-state index in [-0.39, 0.29) is 24.7 Å². The van der Waals surface area contributed by atoms with Gasteiger partial charge in [-0.3, -0.25) is 0 Å². The molecule has 19 heavy (non-hydrogen) atoms. The molecule has 1 aliphatic rings. The second kappa shape index (κ2) is 5.98. The van der Waals surface area contributed by atoms with Gasteiger partial charge in [0, 0.05) is 13.1 Å². The van der Waals surface area contributed by atoms with Crippen molar-refractivity contribution in [3.8, 4) is 0 Å². The fourth-order valence-corrected chi connectivity index (χ4v) is 3.62. The fraction of sp³-hybridized carbons (Fsp3) is 0.500. The second-order valence-electron chi connectivity index (χ2n) is 4.38. The minimum absolute atomic E-state index is 0.213. The average molecular weight is 286 g/mol. The molecule has 1 atom stereocenters. The number of rotatable bonds is 4. The quantitative estimate of drug-likeness (QED) is 0.780. The highest BCUT2D eigenvalue weighted by Crippen LogP contribution is 2.20. The zero-order valence-electron chi connectivity index (χ0n) is 10.5. The molecule has 0 bridgehead atoms. The van der Waals surface area contributed by atoms with Crippen molar-refractivity contribution in [3.05, 3.63) is 29.8 Å². The third kappa shape index (κ3) is 2.96. The predicted molar refractivity (Wildman–Crippen MR) is 69.9 cm³/mol. The lowest BCUT2D eigenvalue weighted by Crippen LogP contribution is -2.50. The van der Waals surface area contributed by atoms with Crippen LogP contribution < -0.4 is 5.73 Å². The molecule has 0 aromatic heterocycles. The van der Waals surface area contributed by atoms with Gasteiger partial charge in [0.15, 0.2) is 0 Å². The molecule has 0 aliphatic carbocycles. The highest BCUT2D eigenvalue weighted by molar-refractivity contribution is 7.89. The van der Waals surface area contributed by atoms with Gasteiger partial charge in [-0.1, -0.05) is 12.1 Å². The normalized spacial score (nSPS) is 21.5.